The van der Waals surface area contributed by atoms with Crippen LogP contribution in [0.3, 0.4) is 0 Å². The van der Waals surface area contributed by atoms with Gasteiger partial charge in [0.15, 0.2) is 0 Å². The van der Waals surface area contributed by atoms with E-state index >= 15 is 0 Å². The Morgan fingerprint density at radius 1 is 1.28 bits per heavy atom. The maximum Gasteiger partial charge on any atom is 0.270 e. The van der Waals surface area contributed by atoms with Crippen LogP contribution in [0.25, 0.3) is 22.2 Å². The predicted molar refractivity (Wildman–Crippen MR) is 97.8 cm³/mol. The second-order valence-corrected chi connectivity index (χ2v) is 6.32. The first-order chi connectivity index (χ1) is 12.1. The van der Waals surface area contributed by atoms with Crippen molar-refractivity contribution in [1.82, 2.24) is 14.5 Å². The highest BCUT2D eigenvalue weighted by atomic mass is 16.6. The third-order valence-corrected chi connectivity index (χ3v) is 4.68. The number of fused-ring (bicyclic) bond motifs is 1. The molecule has 6 heteroatoms. The van der Waals surface area contributed by atoms with Gasteiger partial charge in [-0.2, -0.15) is 0 Å². The van der Waals surface area contributed by atoms with Crippen LogP contribution in [0, 0.1) is 10.1 Å². The zero-order valence-electron chi connectivity index (χ0n) is 13.9. The largest absolute Gasteiger partial charge is 0.314 e. The Hall–Kier alpha value is -2.99. The van der Waals surface area contributed by atoms with Gasteiger partial charge in [0.25, 0.3) is 5.69 Å². The molecule has 0 saturated carbocycles. The Morgan fingerprint density at radius 3 is 2.84 bits per heavy atom. The van der Waals surface area contributed by atoms with Gasteiger partial charge >= 0.3 is 0 Å². The first-order valence-electron chi connectivity index (χ1n) is 8.21. The summed E-state index contributed by atoms with van der Waals surface area (Å²) in [7, 11) is 2.09. The van der Waals surface area contributed by atoms with Gasteiger partial charge in [0, 0.05) is 48.6 Å². The van der Waals surface area contributed by atoms with E-state index in [-0.39, 0.29) is 10.6 Å². The van der Waals surface area contributed by atoms with Crippen molar-refractivity contribution in [2.45, 2.75) is 6.42 Å². The number of non-ortho nitro benzene ring substituents is 1. The van der Waals surface area contributed by atoms with Gasteiger partial charge in [-0.05, 0) is 37.2 Å². The van der Waals surface area contributed by atoms with Gasteiger partial charge in [0.2, 0.25) is 0 Å². The summed E-state index contributed by atoms with van der Waals surface area (Å²) in [6.07, 6.45) is 8.76. The Bertz CT molecular complexity index is 976. The summed E-state index contributed by atoms with van der Waals surface area (Å²) in [5.41, 5.74) is 4.32. The predicted octanol–water partition coefficient (Wildman–Crippen LogP) is 3.65. The number of aromatic nitrogens is 2. The number of nitro groups is 1. The number of hydrogen-bond acceptors (Lipinski definition) is 4. The van der Waals surface area contributed by atoms with Crippen LogP contribution < -0.4 is 0 Å². The summed E-state index contributed by atoms with van der Waals surface area (Å²) in [6.45, 7) is 1.88. The van der Waals surface area contributed by atoms with Crippen LogP contribution in [0.15, 0.2) is 55.0 Å². The lowest BCUT2D eigenvalue weighted by atomic mass is 9.99. The van der Waals surface area contributed by atoms with Gasteiger partial charge in [-0.25, -0.2) is 0 Å². The molecule has 1 aliphatic heterocycles. The summed E-state index contributed by atoms with van der Waals surface area (Å²) in [5.74, 6) is 0. The normalized spacial score (nSPS) is 15.3. The lowest BCUT2D eigenvalue weighted by molar-refractivity contribution is -0.384. The van der Waals surface area contributed by atoms with E-state index in [1.807, 2.05) is 18.2 Å². The van der Waals surface area contributed by atoms with E-state index in [0.717, 1.165) is 41.7 Å². The molecule has 4 rings (SSSR count). The number of rotatable bonds is 3. The molecule has 3 heterocycles. The highest BCUT2D eigenvalue weighted by Gasteiger charge is 2.18. The van der Waals surface area contributed by atoms with Crippen molar-refractivity contribution in [3.63, 3.8) is 0 Å². The van der Waals surface area contributed by atoms with Crippen LogP contribution >= 0.6 is 0 Å². The molecule has 6 nitrogen and oxygen atoms in total. The molecule has 0 N–H and O–H groups in total. The van der Waals surface area contributed by atoms with Crippen molar-refractivity contribution in [1.29, 1.82) is 0 Å². The number of pyridine rings is 1. The third kappa shape index (κ3) is 2.81. The minimum Gasteiger partial charge on any atom is -0.314 e. The number of likely N-dealkylation sites (N-methyl/N-ethyl adjacent to an activating group) is 1. The molecule has 0 aliphatic carbocycles. The number of hydrogen-bond donors (Lipinski definition) is 0. The molecule has 0 radical (unpaired) electrons. The minimum absolute atomic E-state index is 0.117. The van der Waals surface area contributed by atoms with E-state index in [2.05, 4.69) is 33.8 Å². The van der Waals surface area contributed by atoms with Crippen molar-refractivity contribution in [2.24, 2.45) is 0 Å². The molecule has 0 fully saturated rings. The van der Waals surface area contributed by atoms with Crippen molar-refractivity contribution >= 4 is 22.2 Å². The van der Waals surface area contributed by atoms with Crippen LogP contribution in [0.1, 0.15) is 12.0 Å². The van der Waals surface area contributed by atoms with Crippen molar-refractivity contribution in [3.05, 3.63) is 70.7 Å². The van der Waals surface area contributed by atoms with E-state index in [0.29, 0.717) is 0 Å². The SMILES string of the molecule is CN1CC=C(c2cn(-c3cccnc3)c3ccc([N+](=O)[O-])cc23)CC1. The topological polar surface area (TPSA) is 64.2 Å². The van der Waals surface area contributed by atoms with Crippen LogP contribution in [-0.4, -0.2) is 39.5 Å². The molecule has 2 aromatic heterocycles. The summed E-state index contributed by atoms with van der Waals surface area (Å²) in [6, 6.07) is 8.93. The van der Waals surface area contributed by atoms with E-state index < -0.39 is 0 Å². The lowest BCUT2D eigenvalue weighted by Gasteiger charge is -2.21. The standard InChI is InChI=1S/C19H18N4O2/c1-21-9-6-14(7-10-21)18-13-22(16-3-2-8-20-12-16)19-5-4-15(23(24)25)11-17(18)19/h2-6,8,11-13H,7,9-10H2,1H3. The minimum atomic E-state index is -0.340. The molecule has 0 saturated heterocycles. The fourth-order valence-corrected chi connectivity index (χ4v) is 3.31. The second-order valence-electron chi connectivity index (χ2n) is 6.32. The molecule has 25 heavy (non-hydrogen) atoms. The second kappa shape index (κ2) is 6.14. The van der Waals surface area contributed by atoms with Crippen LogP contribution in [-0.2, 0) is 0 Å². The first-order valence-corrected chi connectivity index (χ1v) is 8.21. The molecule has 0 unspecified atom stereocenters. The quantitative estimate of drug-likeness (QED) is 0.542. The fourth-order valence-electron chi connectivity index (χ4n) is 3.31. The maximum absolute atomic E-state index is 11.2. The summed E-state index contributed by atoms with van der Waals surface area (Å²) < 4.78 is 2.06. The molecule has 0 spiro atoms. The Kier molecular flexibility index (Phi) is 3.82. The number of benzene rings is 1. The van der Waals surface area contributed by atoms with Gasteiger partial charge in [0.1, 0.15) is 0 Å². The van der Waals surface area contributed by atoms with E-state index in [4.69, 9.17) is 0 Å². The maximum atomic E-state index is 11.2. The van der Waals surface area contributed by atoms with Crippen LogP contribution in [0.5, 0.6) is 0 Å². The first kappa shape index (κ1) is 15.5. The average molecular weight is 334 g/mol. The van der Waals surface area contributed by atoms with Gasteiger partial charge in [-0.15, -0.1) is 0 Å². The molecule has 1 aromatic carbocycles. The zero-order chi connectivity index (χ0) is 17.4. The van der Waals surface area contributed by atoms with Crippen molar-refractivity contribution in [3.8, 4) is 5.69 Å². The van der Waals surface area contributed by atoms with Gasteiger partial charge in [0.05, 0.1) is 22.3 Å². The van der Waals surface area contributed by atoms with Crippen molar-refractivity contribution in [2.75, 3.05) is 20.1 Å². The summed E-state index contributed by atoms with van der Waals surface area (Å²) >= 11 is 0. The Morgan fingerprint density at radius 2 is 2.16 bits per heavy atom. The van der Waals surface area contributed by atoms with Crippen molar-refractivity contribution < 1.29 is 4.92 Å². The van der Waals surface area contributed by atoms with Gasteiger partial charge in [-0.3, -0.25) is 15.1 Å². The molecular weight excluding hydrogens is 316 g/mol. The lowest BCUT2D eigenvalue weighted by Crippen LogP contribution is -2.23. The molecule has 0 amide bonds. The monoisotopic (exact) mass is 334 g/mol. The summed E-state index contributed by atoms with van der Waals surface area (Å²) in [5, 5.41) is 12.1. The Labute approximate surface area is 145 Å². The molecule has 1 aliphatic rings. The molecule has 0 atom stereocenters. The van der Waals surface area contributed by atoms with Crippen LogP contribution in [0.4, 0.5) is 5.69 Å². The fraction of sp³-hybridized carbons (Fsp3) is 0.211. The van der Waals surface area contributed by atoms with E-state index in [1.165, 1.54) is 5.57 Å². The zero-order valence-corrected chi connectivity index (χ0v) is 13.9. The Balaban J connectivity index is 1.94. The third-order valence-electron chi connectivity index (χ3n) is 4.68. The highest BCUT2D eigenvalue weighted by molar-refractivity contribution is 5.95. The highest BCUT2D eigenvalue weighted by Crippen LogP contribution is 2.34. The number of nitro benzene ring substituents is 1. The molecule has 3 aromatic rings. The summed E-state index contributed by atoms with van der Waals surface area (Å²) in [4.78, 5) is 17.3. The van der Waals surface area contributed by atoms with Gasteiger partial charge in [-0.1, -0.05) is 6.08 Å². The number of nitrogens with zero attached hydrogens (tertiary/aromatic N) is 4. The smallest absolute Gasteiger partial charge is 0.270 e. The molecule has 126 valence electrons. The van der Waals surface area contributed by atoms with Crippen LogP contribution in [0.2, 0.25) is 0 Å². The van der Waals surface area contributed by atoms with E-state index in [1.54, 1.807) is 24.5 Å². The van der Waals surface area contributed by atoms with Gasteiger partial charge < -0.3 is 9.47 Å². The average Bonchev–Trinajstić information content (AvgIpc) is 3.02. The molecule has 0 bridgehead atoms. The van der Waals surface area contributed by atoms with E-state index in [9.17, 15) is 10.1 Å². The molecular formula is C19H18N4O2.